The van der Waals surface area contributed by atoms with Gasteiger partial charge in [0.1, 0.15) is 11.5 Å². The third kappa shape index (κ3) is 3.41. The van der Waals surface area contributed by atoms with Gasteiger partial charge in [-0.1, -0.05) is 37.1 Å². The molecule has 6 nitrogen and oxygen atoms in total. The van der Waals surface area contributed by atoms with Crippen LogP contribution in [0.4, 0.5) is 10.2 Å². The van der Waals surface area contributed by atoms with Crippen LogP contribution in [0, 0.1) is 24.1 Å². The number of aryl methyl sites for hydroxylation is 1. The molecule has 0 radical (unpaired) electrons. The van der Waals surface area contributed by atoms with Crippen LogP contribution in [0.1, 0.15) is 37.3 Å². The molecule has 3 aliphatic rings. The fraction of sp³-hybridized carbons (Fsp3) is 0.370. The lowest BCUT2D eigenvalue weighted by molar-refractivity contribution is 0.227. The molecule has 0 amide bonds. The highest BCUT2D eigenvalue weighted by Gasteiger charge is 2.34. The lowest BCUT2D eigenvalue weighted by atomic mass is 9.86. The molecule has 2 aliphatic heterocycles. The van der Waals surface area contributed by atoms with Crippen molar-refractivity contribution in [1.82, 2.24) is 20.3 Å². The van der Waals surface area contributed by atoms with Crippen molar-refractivity contribution < 1.29 is 4.39 Å². The molecule has 3 aromatic rings. The van der Waals surface area contributed by atoms with Gasteiger partial charge in [0.15, 0.2) is 5.82 Å². The first-order valence-corrected chi connectivity index (χ1v) is 11.9. The van der Waals surface area contributed by atoms with Gasteiger partial charge in [-0.2, -0.15) is 4.98 Å². The number of aromatic nitrogens is 3. The fourth-order valence-electron chi connectivity index (χ4n) is 6.00. The Balaban J connectivity index is 1.48. The van der Waals surface area contributed by atoms with Gasteiger partial charge in [-0.15, -0.1) is 6.42 Å². The molecule has 172 valence electrons. The summed E-state index contributed by atoms with van der Waals surface area (Å²) in [5.74, 6) is 3.35. The van der Waals surface area contributed by atoms with Gasteiger partial charge >= 0.3 is 5.69 Å². The number of hydrogen-bond acceptors (Lipinski definition) is 5. The Morgan fingerprint density at radius 2 is 2.03 bits per heavy atom. The molecule has 4 heterocycles. The Morgan fingerprint density at radius 1 is 1.24 bits per heavy atom. The average Bonchev–Trinajstić information content (AvgIpc) is 2.82. The van der Waals surface area contributed by atoms with E-state index in [9.17, 15) is 4.79 Å². The lowest BCUT2D eigenvalue weighted by Crippen LogP contribution is -2.60. The number of benzene rings is 1. The van der Waals surface area contributed by atoms with Crippen LogP contribution in [0.2, 0.25) is 0 Å². The molecule has 1 aliphatic carbocycles. The first-order valence-electron chi connectivity index (χ1n) is 11.9. The molecule has 2 bridgehead atoms. The maximum atomic E-state index is 16.0. The SMILES string of the molecule is C#CC1=CCCc2cccc(-c3ncc4c(N5CC6CC(C)CC(C5)N6)nc(=O)[nH]c4c3F)c21. The number of rotatable bonds is 2. The van der Waals surface area contributed by atoms with E-state index in [4.69, 9.17) is 6.42 Å². The van der Waals surface area contributed by atoms with Crippen LogP contribution in [-0.4, -0.2) is 40.1 Å². The summed E-state index contributed by atoms with van der Waals surface area (Å²) in [6.45, 7) is 3.75. The van der Waals surface area contributed by atoms with Crippen LogP contribution in [0.5, 0.6) is 0 Å². The number of piperidine rings is 1. The summed E-state index contributed by atoms with van der Waals surface area (Å²) in [5, 5.41) is 4.18. The monoisotopic (exact) mass is 455 g/mol. The van der Waals surface area contributed by atoms with E-state index in [1.807, 2.05) is 24.3 Å². The lowest BCUT2D eigenvalue weighted by Gasteiger charge is -2.45. The molecule has 6 rings (SSSR count). The van der Waals surface area contributed by atoms with E-state index in [2.05, 4.69) is 38.0 Å². The van der Waals surface area contributed by atoms with Crippen molar-refractivity contribution in [3.8, 4) is 23.6 Å². The zero-order chi connectivity index (χ0) is 23.4. The van der Waals surface area contributed by atoms with Gasteiger partial charge in [0, 0.05) is 48.1 Å². The standard InChI is InChI=1S/C27H26FN5O/c1-3-16-6-4-7-17-8-5-9-20(22(16)17)24-23(28)25-21(12-29-24)26(32-27(34)31-25)33-13-18-10-15(2)11-19(14-33)30-18/h1,5-6,8-9,12,15,18-19,30H,4,7,10-11,13-14H2,2H3,(H,31,32,34). The summed E-state index contributed by atoms with van der Waals surface area (Å²) in [7, 11) is 0. The van der Waals surface area contributed by atoms with E-state index >= 15 is 4.39 Å². The quantitative estimate of drug-likeness (QED) is 0.577. The second-order valence-electron chi connectivity index (χ2n) is 9.76. The van der Waals surface area contributed by atoms with Gasteiger partial charge in [-0.25, -0.2) is 9.18 Å². The van der Waals surface area contributed by atoms with Crippen molar-refractivity contribution in [1.29, 1.82) is 0 Å². The van der Waals surface area contributed by atoms with Crippen molar-refractivity contribution in [3.63, 3.8) is 0 Å². The molecule has 34 heavy (non-hydrogen) atoms. The van der Waals surface area contributed by atoms with Gasteiger partial charge in [0.2, 0.25) is 0 Å². The highest BCUT2D eigenvalue weighted by Crippen LogP contribution is 2.37. The molecule has 2 aromatic heterocycles. The van der Waals surface area contributed by atoms with E-state index in [1.165, 1.54) is 0 Å². The number of allylic oxidation sites excluding steroid dienone is 2. The molecule has 0 spiro atoms. The summed E-state index contributed by atoms with van der Waals surface area (Å²) in [6, 6.07) is 6.43. The third-order valence-electron chi connectivity index (χ3n) is 7.32. The predicted octanol–water partition coefficient (Wildman–Crippen LogP) is 3.66. The number of piperazine rings is 1. The van der Waals surface area contributed by atoms with Crippen LogP contribution in [-0.2, 0) is 6.42 Å². The van der Waals surface area contributed by atoms with Crippen molar-refractivity contribution in [2.45, 2.75) is 44.7 Å². The molecule has 1 aromatic carbocycles. The van der Waals surface area contributed by atoms with Crippen molar-refractivity contribution in [3.05, 3.63) is 57.9 Å². The van der Waals surface area contributed by atoms with E-state index in [1.54, 1.807) is 6.20 Å². The second kappa shape index (κ2) is 8.07. The smallest absolute Gasteiger partial charge is 0.347 e. The summed E-state index contributed by atoms with van der Waals surface area (Å²) < 4.78 is 16.0. The number of fused-ring (bicyclic) bond motifs is 4. The van der Waals surface area contributed by atoms with Crippen molar-refractivity contribution >= 4 is 22.3 Å². The zero-order valence-corrected chi connectivity index (χ0v) is 19.1. The zero-order valence-electron chi connectivity index (χ0n) is 19.1. The molecular weight excluding hydrogens is 429 g/mol. The van der Waals surface area contributed by atoms with Crippen LogP contribution in [0.25, 0.3) is 27.7 Å². The van der Waals surface area contributed by atoms with Gasteiger partial charge in [-0.3, -0.25) is 4.98 Å². The number of halogens is 1. The van der Waals surface area contributed by atoms with E-state index in [0.717, 1.165) is 55.5 Å². The first-order chi connectivity index (χ1) is 16.5. The van der Waals surface area contributed by atoms with Crippen LogP contribution in [0.15, 0.2) is 35.3 Å². The molecule has 2 fully saturated rings. The maximum absolute atomic E-state index is 16.0. The average molecular weight is 456 g/mol. The van der Waals surface area contributed by atoms with Crippen LogP contribution >= 0.6 is 0 Å². The Kier molecular flexibility index (Phi) is 5.00. The topological polar surface area (TPSA) is 73.9 Å². The summed E-state index contributed by atoms with van der Waals surface area (Å²) in [6.07, 6.45) is 13.3. The predicted molar refractivity (Wildman–Crippen MR) is 132 cm³/mol. The van der Waals surface area contributed by atoms with E-state index in [0.29, 0.717) is 34.8 Å². The highest BCUT2D eigenvalue weighted by atomic mass is 19.1. The largest absolute Gasteiger partial charge is 0.353 e. The summed E-state index contributed by atoms with van der Waals surface area (Å²) in [4.78, 5) is 26.1. The minimum absolute atomic E-state index is 0.136. The van der Waals surface area contributed by atoms with Gasteiger partial charge in [0.25, 0.3) is 0 Å². The molecule has 7 heteroatoms. The van der Waals surface area contributed by atoms with Gasteiger partial charge in [0.05, 0.1) is 10.9 Å². The minimum Gasteiger partial charge on any atom is -0.353 e. The number of nitrogens with one attached hydrogen (secondary N) is 2. The Labute approximate surface area is 197 Å². The number of nitrogens with zero attached hydrogens (tertiary/aromatic N) is 3. The molecule has 2 unspecified atom stereocenters. The minimum atomic E-state index is -0.560. The Morgan fingerprint density at radius 3 is 2.79 bits per heavy atom. The molecule has 2 atom stereocenters. The second-order valence-corrected chi connectivity index (χ2v) is 9.76. The van der Waals surface area contributed by atoms with Crippen molar-refractivity contribution in [2.24, 2.45) is 5.92 Å². The fourth-order valence-corrected chi connectivity index (χ4v) is 6.00. The maximum Gasteiger partial charge on any atom is 0.347 e. The van der Waals surface area contributed by atoms with E-state index in [-0.39, 0.29) is 11.2 Å². The normalized spacial score (nSPS) is 23.9. The van der Waals surface area contributed by atoms with Gasteiger partial charge < -0.3 is 15.2 Å². The Bertz CT molecular complexity index is 1420. The summed E-state index contributed by atoms with van der Waals surface area (Å²) >= 11 is 0. The third-order valence-corrected chi connectivity index (χ3v) is 7.32. The number of pyridine rings is 1. The number of aromatic amines is 1. The van der Waals surface area contributed by atoms with Crippen LogP contribution in [0.3, 0.4) is 0 Å². The molecule has 0 saturated carbocycles. The molecule has 2 saturated heterocycles. The number of terminal acetylenes is 1. The molecule has 2 N–H and O–H groups in total. The number of hydrogen-bond donors (Lipinski definition) is 2. The molecular formula is C27H26FN5O. The van der Waals surface area contributed by atoms with Gasteiger partial charge in [-0.05, 0) is 37.2 Å². The first kappa shape index (κ1) is 21.1. The van der Waals surface area contributed by atoms with Crippen LogP contribution < -0.4 is 15.9 Å². The Hall–Kier alpha value is -3.50. The number of H-pyrrole nitrogens is 1. The summed E-state index contributed by atoms with van der Waals surface area (Å²) in [5.41, 5.74) is 3.09. The van der Waals surface area contributed by atoms with Crippen molar-refractivity contribution in [2.75, 3.05) is 18.0 Å². The van der Waals surface area contributed by atoms with E-state index < -0.39 is 11.5 Å². The number of anilines is 1. The highest BCUT2D eigenvalue weighted by molar-refractivity contribution is 5.94.